The Morgan fingerprint density at radius 2 is 1.80 bits per heavy atom. The Morgan fingerprint density at radius 1 is 1.10 bits per heavy atom. The predicted molar refractivity (Wildman–Crippen MR) is 134 cm³/mol. The highest BCUT2D eigenvalue weighted by atomic mass is 19.4. The number of allylic oxidation sites excluding steroid dienone is 2. The van der Waals surface area contributed by atoms with E-state index in [0.717, 1.165) is 45.7 Å². The van der Waals surface area contributed by atoms with Crippen molar-refractivity contribution in [3.63, 3.8) is 0 Å². The molecule has 40 heavy (non-hydrogen) atoms. The third kappa shape index (κ3) is 6.68. The van der Waals surface area contributed by atoms with Crippen molar-refractivity contribution in [2.24, 2.45) is 12.0 Å². The molecule has 3 rings (SSSR count). The minimum absolute atomic E-state index is 0.0136. The lowest BCUT2D eigenvalue weighted by molar-refractivity contribution is -0.141. The van der Waals surface area contributed by atoms with Crippen molar-refractivity contribution < 1.29 is 36.2 Å². The first-order chi connectivity index (χ1) is 18.7. The smallest absolute Gasteiger partial charge is 0.433 e. The van der Waals surface area contributed by atoms with Gasteiger partial charge in [0.15, 0.2) is 0 Å². The summed E-state index contributed by atoms with van der Waals surface area (Å²) in [6.45, 7) is 4.26. The molecule has 1 N–H and O–H groups in total. The number of pyridine rings is 1. The van der Waals surface area contributed by atoms with Crippen LogP contribution in [-0.4, -0.2) is 32.5 Å². The van der Waals surface area contributed by atoms with Crippen LogP contribution in [0.2, 0.25) is 0 Å². The summed E-state index contributed by atoms with van der Waals surface area (Å²) < 4.78 is 86.4. The Morgan fingerprint density at radius 3 is 2.35 bits per heavy atom. The van der Waals surface area contributed by atoms with Gasteiger partial charge in [0.2, 0.25) is 0 Å². The maximum Gasteiger partial charge on any atom is 0.433 e. The fraction of sp³-hybridized carbons (Fsp3) is 0.308. The minimum Gasteiger partial charge on any atom is -0.462 e. The number of alkyl halides is 6. The Kier molecular flexibility index (Phi) is 9.03. The first kappa shape index (κ1) is 30.3. The molecule has 0 fully saturated rings. The zero-order valence-corrected chi connectivity index (χ0v) is 21.3. The molecule has 0 unspecified atom stereocenters. The zero-order valence-electron chi connectivity index (χ0n) is 21.3. The highest BCUT2D eigenvalue weighted by molar-refractivity contribution is 5.76. The third-order valence-corrected chi connectivity index (χ3v) is 5.86. The second kappa shape index (κ2) is 11.9. The van der Waals surface area contributed by atoms with Gasteiger partial charge in [-0.05, 0) is 49.9 Å². The molecule has 214 valence electrons. The number of rotatable bonds is 9. The summed E-state index contributed by atoms with van der Waals surface area (Å²) in [4.78, 5) is 33.6. The van der Waals surface area contributed by atoms with Crippen molar-refractivity contribution in [2.45, 2.75) is 38.7 Å². The summed E-state index contributed by atoms with van der Waals surface area (Å²) in [5.74, 6) is -0.514. The molecule has 0 bridgehead atoms. The molecule has 0 aliphatic heterocycles. The maximum atomic E-state index is 13.6. The van der Waals surface area contributed by atoms with E-state index in [9.17, 15) is 41.0 Å². The van der Waals surface area contributed by atoms with Crippen LogP contribution in [0.15, 0.2) is 62.9 Å². The molecule has 0 radical (unpaired) electrons. The second-order valence-electron chi connectivity index (χ2n) is 8.62. The van der Waals surface area contributed by atoms with Crippen LogP contribution < -0.4 is 16.0 Å². The van der Waals surface area contributed by atoms with E-state index in [0.29, 0.717) is 0 Å². The SMILES string of the molecule is C=Nc1c(/C(Cc2ccc(C(F)(F)F)nc2)=C(\C)Oc2cccc(C(F)(F)F)c2)c(=O)n(CCCO)c(=O)n1C. The van der Waals surface area contributed by atoms with Gasteiger partial charge in [-0.3, -0.25) is 18.9 Å². The number of ether oxygens (including phenoxy) is 1. The molecule has 3 aromatic rings. The molecule has 0 aliphatic carbocycles. The monoisotopic (exact) mass is 570 g/mol. The van der Waals surface area contributed by atoms with Crippen molar-refractivity contribution in [3.8, 4) is 5.75 Å². The van der Waals surface area contributed by atoms with Gasteiger partial charge >= 0.3 is 18.0 Å². The molecule has 0 amide bonds. The van der Waals surface area contributed by atoms with Gasteiger partial charge in [0.05, 0.1) is 11.1 Å². The molecule has 0 saturated heterocycles. The first-order valence-corrected chi connectivity index (χ1v) is 11.7. The fourth-order valence-electron chi connectivity index (χ4n) is 3.90. The average Bonchev–Trinajstić information content (AvgIpc) is 2.89. The Balaban J connectivity index is 2.26. The summed E-state index contributed by atoms with van der Waals surface area (Å²) >= 11 is 0. The maximum absolute atomic E-state index is 13.6. The van der Waals surface area contributed by atoms with Crippen molar-refractivity contribution in [1.82, 2.24) is 14.1 Å². The average molecular weight is 570 g/mol. The van der Waals surface area contributed by atoms with Crippen molar-refractivity contribution in [3.05, 3.63) is 91.6 Å². The molecule has 2 heterocycles. The van der Waals surface area contributed by atoms with E-state index >= 15 is 0 Å². The van der Waals surface area contributed by atoms with Crippen LogP contribution in [0.1, 0.15) is 35.7 Å². The van der Waals surface area contributed by atoms with Gasteiger partial charge in [-0.2, -0.15) is 26.3 Å². The molecular formula is C26H24F6N4O4. The van der Waals surface area contributed by atoms with E-state index in [1.54, 1.807) is 0 Å². The first-order valence-electron chi connectivity index (χ1n) is 11.7. The largest absolute Gasteiger partial charge is 0.462 e. The number of benzene rings is 1. The Hall–Kier alpha value is -4.20. The van der Waals surface area contributed by atoms with Crippen LogP contribution in [0, 0.1) is 0 Å². The molecule has 0 atom stereocenters. The topological polar surface area (TPSA) is 98.7 Å². The summed E-state index contributed by atoms with van der Waals surface area (Å²) in [6.07, 6.45) is -8.64. The number of halogens is 6. The number of aliphatic hydroxyl groups excluding tert-OH is 1. The zero-order chi connectivity index (χ0) is 29.8. The Bertz CT molecular complexity index is 1540. The number of aromatic nitrogens is 3. The number of aliphatic hydroxyl groups is 1. The van der Waals surface area contributed by atoms with Crippen LogP contribution in [0.3, 0.4) is 0 Å². The molecular weight excluding hydrogens is 546 g/mol. The predicted octanol–water partition coefficient (Wildman–Crippen LogP) is 4.75. The van der Waals surface area contributed by atoms with E-state index in [4.69, 9.17) is 4.74 Å². The Labute approximate surface area is 223 Å². The molecule has 0 spiro atoms. The van der Waals surface area contributed by atoms with E-state index in [2.05, 4.69) is 16.7 Å². The van der Waals surface area contributed by atoms with Gasteiger partial charge in [0, 0.05) is 38.4 Å². The summed E-state index contributed by atoms with van der Waals surface area (Å²) in [6, 6.07) is 5.82. The van der Waals surface area contributed by atoms with E-state index < -0.39 is 34.9 Å². The quantitative estimate of drug-likeness (QED) is 0.228. The van der Waals surface area contributed by atoms with Gasteiger partial charge in [-0.15, -0.1) is 0 Å². The lowest BCUT2D eigenvalue weighted by Gasteiger charge is -2.19. The van der Waals surface area contributed by atoms with Crippen molar-refractivity contribution in [2.75, 3.05) is 6.61 Å². The normalized spacial score (nSPS) is 12.7. The minimum atomic E-state index is -4.70. The number of nitrogens with zero attached hydrogens (tertiary/aromatic N) is 4. The fourth-order valence-corrected chi connectivity index (χ4v) is 3.90. The number of aliphatic imine (C=N–C) groups is 1. The van der Waals surface area contributed by atoms with Gasteiger partial charge in [0.1, 0.15) is 23.0 Å². The molecule has 2 aromatic heterocycles. The summed E-state index contributed by atoms with van der Waals surface area (Å²) in [7, 11) is 1.31. The van der Waals surface area contributed by atoms with Gasteiger partial charge in [0.25, 0.3) is 5.56 Å². The summed E-state index contributed by atoms with van der Waals surface area (Å²) in [5.41, 5.74) is -3.77. The molecule has 1 aromatic carbocycles. The van der Waals surface area contributed by atoms with E-state index in [-0.39, 0.29) is 60.0 Å². The number of hydrogen-bond donors (Lipinski definition) is 1. The van der Waals surface area contributed by atoms with Gasteiger partial charge < -0.3 is 9.84 Å². The molecule has 0 aliphatic rings. The number of hydrogen-bond acceptors (Lipinski definition) is 6. The summed E-state index contributed by atoms with van der Waals surface area (Å²) in [5, 5.41) is 9.22. The molecule has 8 nitrogen and oxygen atoms in total. The third-order valence-electron chi connectivity index (χ3n) is 5.86. The standard InChI is InChI=1S/C26H24F6N4O4/c1-15(40-18-7-4-6-17(13-18)25(27,28)29)19(12-16-8-9-20(34-14-16)26(30,31)32)21-22(33-2)35(3)24(39)36(23(21)38)10-5-11-37/h4,6-9,13-14,37H,2,5,10-12H2,1,3H3/b19-15+. The van der Waals surface area contributed by atoms with Crippen LogP contribution in [0.5, 0.6) is 5.75 Å². The van der Waals surface area contributed by atoms with Gasteiger partial charge in [-0.25, -0.2) is 9.79 Å². The van der Waals surface area contributed by atoms with E-state index in [1.807, 2.05) is 0 Å². The lowest BCUT2D eigenvalue weighted by atomic mass is 9.98. The van der Waals surface area contributed by atoms with Crippen LogP contribution >= 0.6 is 0 Å². The highest BCUT2D eigenvalue weighted by Gasteiger charge is 2.33. The van der Waals surface area contributed by atoms with Crippen LogP contribution in [0.25, 0.3) is 5.57 Å². The van der Waals surface area contributed by atoms with Gasteiger partial charge in [-0.1, -0.05) is 12.1 Å². The van der Waals surface area contributed by atoms with Crippen molar-refractivity contribution >= 4 is 18.1 Å². The second-order valence-corrected chi connectivity index (χ2v) is 8.62. The highest BCUT2D eigenvalue weighted by Crippen LogP contribution is 2.34. The van der Waals surface area contributed by atoms with Crippen LogP contribution in [0.4, 0.5) is 32.2 Å². The van der Waals surface area contributed by atoms with Crippen LogP contribution in [-0.2, 0) is 32.4 Å². The van der Waals surface area contributed by atoms with E-state index in [1.165, 1.54) is 20.0 Å². The lowest BCUT2D eigenvalue weighted by Crippen LogP contribution is -2.41. The molecule has 14 heteroatoms. The molecule has 0 saturated carbocycles. The van der Waals surface area contributed by atoms with Crippen molar-refractivity contribution in [1.29, 1.82) is 0 Å².